The molecule has 0 fully saturated rings. The quantitative estimate of drug-likeness (QED) is 0.460. The summed E-state index contributed by atoms with van der Waals surface area (Å²) in [5.41, 5.74) is 2.77. The van der Waals surface area contributed by atoms with Crippen LogP contribution in [-0.4, -0.2) is 17.1 Å². The van der Waals surface area contributed by atoms with Gasteiger partial charge < -0.3 is 9.73 Å². The number of para-hydroxylation sites is 2. The lowest BCUT2D eigenvalue weighted by molar-refractivity contribution is 0.102. The van der Waals surface area contributed by atoms with Crippen LogP contribution >= 0.6 is 11.8 Å². The van der Waals surface area contributed by atoms with Crippen molar-refractivity contribution in [2.45, 2.75) is 11.8 Å². The first-order valence-electron chi connectivity index (χ1n) is 8.56. The molecule has 2 heterocycles. The van der Waals surface area contributed by atoms with E-state index in [4.69, 9.17) is 4.42 Å². The van der Waals surface area contributed by atoms with Gasteiger partial charge in [-0.1, -0.05) is 30.3 Å². The fourth-order valence-electron chi connectivity index (χ4n) is 3.00. The number of hydrogen-bond donors (Lipinski definition) is 1. The highest BCUT2D eigenvalue weighted by molar-refractivity contribution is 7.98. The third kappa shape index (κ3) is 3.46. The van der Waals surface area contributed by atoms with Gasteiger partial charge in [-0.15, -0.1) is 11.8 Å². The molecule has 1 amide bonds. The lowest BCUT2D eigenvalue weighted by Crippen LogP contribution is -2.13. The standard InChI is InChI=1S/C22H18N2O2S/c1-14-11-12-20(26-14)19-13-16(15-7-3-4-8-17(15)23-19)22(25)24-18-9-5-6-10-21(18)27-2/h3-13H,1-2H3,(H,24,25). The van der Waals surface area contributed by atoms with Crippen LogP contribution in [0.4, 0.5) is 5.69 Å². The van der Waals surface area contributed by atoms with E-state index in [-0.39, 0.29) is 5.91 Å². The second-order valence-corrected chi connectivity index (χ2v) is 6.98. The van der Waals surface area contributed by atoms with Crippen LogP contribution in [0.2, 0.25) is 0 Å². The summed E-state index contributed by atoms with van der Waals surface area (Å²) in [7, 11) is 0. The smallest absolute Gasteiger partial charge is 0.256 e. The van der Waals surface area contributed by atoms with Gasteiger partial charge in [-0.05, 0) is 49.6 Å². The Morgan fingerprint density at radius 1 is 1.04 bits per heavy atom. The van der Waals surface area contributed by atoms with Crippen molar-refractivity contribution < 1.29 is 9.21 Å². The molecule has 0 aliphatic heterocycles. The maximum atomic E-state index is 13.1. The summed E-state index contributed by atoms with van der Waals surface area (Å²) in [4.78, 5) is 18.8. The number of hydrogen-bond acceptors (Lipinski definition) is 4. The van der Waals surface area contributed by atoms with E-state index < -0.39 is 0 Å². The van der Waals surface area contributed by atoms with Crippen molar-refractivity contribution >= 4 is 34.3 Å². The van der Waals surface area contributed by atoms with Gasteiger partial charge in [0.15, 0.2) is 5.76 Å². The Balaban J connectivity index is 1.81. The van der Waals surface area contributed by atoms with Crippen molar-refractivity contribution in [1.82, 2.24) is 4.98 Å². The Hall–Kier alpha value is -3.05. The number of anilines is 1. The molecule has 0 aliphatic rings. The van der Waals surface area contributed by atoms with E-state index in [2.05, 4.69) is 10.3 Å². The number of rotatable bonds is 4. The first kappa shape index (κ1) is 17.4. The lowest BCUT2D eigenvalue weighted by Gasteiger charge is -2.12. The van der Waals surface area contributed by atoms with Crippen LogP contribution in [-0.2, 0) is 0 Å². The molecule has 0 unspecified atom stereocenters. The summed E-state index contributed by atoms with van der Waals surface area (Å²) in [6, 6.07) is 21.0. The van der Waals surface area contributed by atoms with Crippen molar-refractivity contribution in [3.63, 3.8) is 0 Å². The Bertz CT molecular complexity index is 1130. The predicted octanol–water partition coefficient (Wildman–Crippen LogP) is 5.78. The number of aryl methyl sites for hydroxylation is 1. The Morgan fingerprint density at radius 2 is 1.81 bits per heavy atom. The highest BCUT2D eigenvalue weighted by Crippen LogP contribution is 2.29. The molecule has 0 aliphatic carbocycles. The molecule has 0 radical (unpaired) electrons. The van der Waals surface area contributed by atoms with Crippen molar-refractivity contribution in [1.29, 1.82) is 0 Å². The molecular weight excluding hydrogens is 356 g/mol. The van der Waals surface area contributed by atoms with E-state index >= 15 is 0 Å². The molecule has 4 rings (SSSR count). The molecule has 1 N–H and O–H groups in total. The average molecular weight is 374 g/mol. The van der Waals surface area contributed by atoms with Gasteiger partial charge in [0.25, 0.3) is 5.91 Å². The lowest BCUT2D eigenvalue weighted by atomic mass is 10.1. The normalized spacial score (nSPS) is 10.9. The van der Waals surface area contributed by atoms with E-state index in [1.165, 1.54) is 0 Å². The van der Waals surface area contributed by atoms with Gasteiger partial charge in [-0.3, -0.25) is 4.79 Å². The SMILES string of the molecule is CSc1ccccc1NC(=O)c1cc(-c2ccc(C)o2)nc2ccccc12. The second kappa shape index (κ2) is 7.29. The molecule has 0 atom stereocenters. The van der Waals surface area contributed by atoms with E-state index in [0.29, 0.717) is 17.0 Å². The number of fused-ring (bicyclic) bond motifs is 1. The minimum atomic E-state index is -0.167. The summed E-state index contributed by atoms with van der Waals surface area (Å²) in [6.07, 6.45) is 1.99. The van der Waals surface area contributed by atoms with E-state index in [9.17, 15) is 4.79 Å². The zero-order valence-electron chi connectivity index (χ0n) is 15.0. The van der Waals surface area contributed by atoms with Gasteiger partial charge in [0.1, 0.15) is 11.5 Å². The summed E-state index contributed by atoms with van der Waals surface area (Å²) in [5, 5.41) is 3.84. The van der Waals surface area contributed by atoms with Crippen LogP contribution in [0.25, 0.3) is 22.4 Å². The van der Waals surface area contributed by atoms with E-state index in [0.717, 1.165) is 27.2 Å². The Morgan fingerprint density at radius 3 is 2.59 bits per heavy atom. The number of nitrogens with one attached hydrogen (secondary N) is 1. The van der Waals surface area contributed by atoms with Crippen molar-refractivity contribution in [3.8, 4) is 11.5 Å². The van der Waals surface area contributed by atoms with Crippen LogP contribution in [0.3, 0.4) is 0 Å². The topological polar surface area (TPSA) is 55.1 Å². The Kier molecular flexibility index (Phi) is 4.69. The average Bonchev–Trinajstić information content (AvgIpc) is 3.14. The maximum Gasteiger partial charge on any atom is 0.256 e. The molecule has 2 aromatic heterocycles. The molecular formula is C22H18N2O2S. The van der Waals surface area contributed by atoms with E-state index in [1.54, 1.807) is 17.8 Å². The number of furan rings is 1. The Labute approximate surface area is 161 Å². The zero-order valence-corrected chi connectivity index (χ0v) is 15.8. The summed E-state index contributed by atoms with van der Waals surface area (Å²) < 4.78 is 5.71. The summed E-state index contributed by atoms with van der Waals surface area (Å²) in [6.45, 7) is 1.89. The van der Waals surface area contributed by atoms with Gasteiger partial charge in [-0.25, -0.2) is 4.98 Å². The molecule has 0 bridgehead atoms. The first-order chi connectivity index (χ1) is 13.2. The number of aromatic nitrogens is 1. The fraction of sp³-hybridized carbons (Fsp3) is 0.0909. The molecule has 0 spiro atoms. The number of thioether (sulfide) groups is 1. The van der Waals surface area contributed by atoms with Crippen LogP contribution in [0.1, 0.15) is 16.1 Å². The summed E-state index contributed by atoms with van der Waals surface area (Å²) >= 11 is 1.60. The molecule has 4 aromatic rings. The van der Waals surface area contributed by atoms with Crippen molar-refractivity contribution in [2.24, 2.45) is 0 Å². The largest absolute Gasteiger partial charge is 0.460 e. The highest BCUT2D eigenvalue weighted by atomic mass is 32.2. The maximum absolute atomic E-state index is 13.1. The number of amides is 1. The molecule has 0 saturated heterocycles. The predicted molar refractivity (Wildman–Crippen MR) is 110 cm³/mol. The van der Waals surface area contributed by atoms with Crippen LogP contribution in [0, 0.1) is 6.92 Å². The van der Waals surface area contributed by atoms with Crippen LogP contribution in [0.15, 0.2) is 76.0 Å². The first-order valence-corrected chi connectivity index (χ1v) is 9.79. The zero-order chi connectivity index (χ0) is 18.8. The van der Waals surface area contributed by atoms with Gasteiger partial charge in [0.2, 0.25) is 0 Å². The van der Waals surface area contributed by atoms with Gasteiger partial charge in [-0.2, -0.15) is 0 Å². The fourth-order valence-corrected chi connectivity index (χ4v) is 3.55. The minimum Gasteiger partial charge on any atom is -0.460 e. The monoisotopic (exact) mass is 374 g/mol. The summed E-state index contributed by atoms with van der Waals surface area (Å²) in [5.74, 6) is 1.29. The van der Waals surface area contributed by atoms with Crippen molar-refractivity contribution in [2.75, 3.05) is 11.6 Å². The van der Waals surface area contributed by atoms with Crippen molar-refractivity contribution in [3.05, 3.63) is 78.1 Å². The minimum absolute atomic E-state index is 0.167. The molecule has 134 valence electrons. The van der Waals surface area contributed by atoms with E-state index in [1.807, 2.05) is 73.8 Å². The number of benzene rings is 2. The third-order valence-corrected chi connectivity index (χ3v) is 5.10. The van der Waals surface area contributed by atoms with Gasteiger partial charge in [0, 0.05) is 10.3 Å². The van der Waals surface area contributed by atoms with Crippen LogP contribution in [0.5, 0.6) is 0 Å². The third-order valence-electron chi connectivity index (χ3n) is 4.31. The van der Waals surface area contributed by atoms with Gasteiger partial charge >= 0.3 is 0 Å². The number of nitrogens with zero attached hydrogens (tertiary/aromatic N) is 1. The van der Waals surface area contributed by atoms with Gasteiger partial charge in [0.05, 0.1) is 16.8 Å². The molecule has 5 heteroatoms. The number of pyridine rings is 1. The number of carbonyl (C=O) groups excluding carboxylic acids is 1. The highest BCUT2D eigenvalue weighted by Gasteiger charge is 2.16. The van der Waals surface area contributed by atoms with Crippen LogP contribution < -0.4 is 5.32 Å². The molecule has 0 saturated carbocycles. The molecule has 27 heavy (non-hydrogen) atoms. The molecule has 4 nitrogen and oxygen atoms in total. The molecule has 2 aromatic carbocycles. The number of carbonyl (C=O) groups is 1. The second-order valence-electron chi connectivity index (χ2n) is 6.14.